The lowest BCUT2D eigenvalue weighted by Gasteiger charge is -2.43. The molecule has 3 aromatic carbocycles. The van der Waals surface area contributed by atoms with E-state index in [0.717, 1.165) is 18.4 Å². The lowest BCUT2D eigenvalue weighted by atomic mass is 10.1. The van der Waals surface area contributed by atoms with Crippen LogP contribution in [0.3, 0.4) is 0 Å². The average molecular weight is 714 g/mol. The molecule has 1 unspecified atom stereocenters. The number of rotatable bonds is 16. The van der Waals surface area contributed by atoms with Gasteiger partial charge in [-0.2, -0.15) is 10.1 Å². The molecule has 270 valence electrons. The largest absolute Gasteiger partial charge is 0.496 e. The zero-order valence-electron chi connectivity index (χ0n) is 30.2. The molecule has 11 nitrogen and oxygen atoms in total. The average Bonchev–Trinajstić information content (AvgIpc) is 3.50. The van der Waals surface area contributed by atoms with Crippen LogP contribution in [0.2, 0.25) is 5.04 Å². The Morgan fingerprint density at radius 2 is 1.67 bits per heavy atom. The number of halogens is 1. The van der Waals surface area contributed by atoms with Crippen molar-refractivity contribution in [1.29, 1.82) is 0 Å². The number of aromatic nitrogens is 4. The highest BCUT2D eigenvalue weighted by Gasteiger charge is 2.50. The van der Waals surface area contributed by atoms with Crippen molar-refractivity contribution in [2.75, 3.05) is 31.4 Å². The third-order valence-corrected chi connectivity index (χ3v) is 14.1. The summed E-state index contributed by atoms with van der Waals surface area (Å²) in [4.78, 5) is 20.7. The SMILES string of the molecule is CCCC(CCO[Si](c1ccccc1)(c1ccccc1)C(C)(C)C)Nc1nc(NC(=O)O)nc2cnn(Cc3cc(CNC)c(F)cc3OC)c12. The molecule has 5 rings (SSSR count). The van der Waals surface area contributed by atoms with Crippen LogP contribution in [0.25, 0.3) is 11.0 Å². The lowest BCUT2D eigenvalue weighted by molar-refractivity contribution is 0.209. The summed E-state index contributed by atoms with van der Waals surface area (Å²) < 4.78 is 29.2. The van der Waals surface area contributed by atoms with E-state index < -0.39 is 14.4 Å². The first-order valence-corrected chi connectivity index (χ1v) is 19.2. The Bertz CT molecular complexity index is 1880. The minimum absolute atomic E-state index is 0.0634. The third-order valence-electron chi connectivity index (χ3n) is 9.02. The van der Waals surface area contributed by atoms with Crippen molar-refractivity contribution in [3.63, 3.8) is 0 Å². The number of benzene rings is 3. The molecule has 4 N–H and O–H groups in total. The molecule has 2 aromatic heterocycles. The topological polar surface area (TPSA) is 135 Å². The van der Waals surface area contributed by atoms with E-state index in [-0.39, 0.29) is 29.4 Å². The van der Waals surface area contributed by atoms with Gasteiger partial charge in [-0.3, -0.25) is 10.00 Å². The van der Waals surface area contributed by atoms with Gasteiger partial charge in [0.25, 0.3) is 8.32 Å². The first-order chi connectivity index (χ1) is 24.5. The van der Waals surface area contributed by atoms with Gasteiger partial charge in [-0.1, -0.05) is 94.8 Å². The predicted octanol–water partition coefficient (Wildman–Crippen LogP) is 6.38. The molecule has 0 aliphatic heterocycles. The van der Waals surface area contributed by atoms with Gasteiger partial charge in [-0.25, -0.2) is 14.2 Å². The maximum atomic E-state index is 14.8. The van der Waals surface area contributed by atoms with Crippen LogP contribution in [0.1, 0.15) is 58.1 Å². The Balaban J connectivity index is 1.50. The molecule has 0 bridgehead atoms. The molecule has 13 heteroatoms. The number of nitrogens with one attached hydrogen (secondary N) is 3. The Hall–Kier alpha value is -4.85. The van der Waals surface area contributed by atoms with Crippen LogP contribution in [0.15, 0.2) is 79.0 Å². The summed E-state index contributed by atoms with van der Waals surface area (Å²) in [5.41, 5.74) is 2.25. The summed E-state index contributed by atoms with van der Waals surface area (Å²) >= 11 is 0. The number of nitrogens with zero attached hydrogens (tertiary/aromatic N) is 4. The maximum Gasteiger partial charge on any atom is 0.411 e. The number of carboxylic acid groups (broad SMARTS) is 1. The molecule has 2 heterocycles. The first-order valence-electron chi connectivity index (χ1n) is 17.3. The van der Waals surface area contributed by atoms with Crippen molar-refractivity contribution in [3.8, 4) is 5.75 Å². The van der Waals surface area contributed by atoms with Crippen LogP contribution in [0, 0.1) is 5.82 Å². The number of anilines is 2. The summed E-state index contributed by atoms with van der Waals surface area (Å²) in [7, 11) is 0.507. The highest BCUT2D eigenvalue weighted by atomic mass is 28.4. The van der Waals surface area contributed by atoms with Crippen molar-refractivity contribution in [2.45, 2.75) is 71.1 Å². The van der Waals surface area contributed by atoms with Gasteiger partial charge in [0.15, 0.2) is 5.82 Å². The number of carbonyl (C=O) groups is 1. The van der Waals surface area contributed by atoms with Crippen LogP contribution >= 0.6 is 0 Å². The fourth-order valence-corrected chi connectivity index (χ4v) is 11.3. The number of amides is 1. The van der Waals surface area contributed by atoms with E-state index in [4.69, 9.17) is 9.16 Å². The summed E-state index contributed by atoms with van der Waals surface area (Å²) in [6.07, 6.45) is 2.67. The minimum Gasteiger partial charge on any atom is -0.496 e. The van der Waals surface area contributed by atoms with Gasteiger partial charge in [-0.05, 0) is 41.4 Å². The number of hydrogen-bond acceptors (Lipinski definition) is 8. The van der Waals surface area contributed by atoms with E-state index in [2.05, 4.69) is 107 Å². The Kier molecular flexibility index (Phi) is 12.1. The Morgan fingerprint density at radius 3 is 2.24 bits per heavy atom. The van der Waals surface area contributed by atoms with E-state index in [1.54, 1.807) is 24.0 Å². The van der Waals surface area contributed by atoms with Crippen molar-refractivity contribution in [1.82, 2.24) is 25.1 Å². The van der Waals surface area contributed by atoms with Gasteiger partial charge in [0.05, 0.1) is 19.9 Å². The highest BCUT2D eigenvalue weighted by Crippen LogP contribution is 2.37. The highest BCUT2D eigenvalue weighted by molar-refractivity contribution is 6.99. The van der Waals surface area contributed by atoms with Crippen molar-refractivity contribution in [2.24, 2.45) is 0 Å². The molecule has 0 aliphatic rings. The van der Waals surface area contributed by atoms with Crippen molar-refractivity contribution >= 4 is 47.6 Å². The predicted molar refractivity (Wildman–Crippen MR) is 202 cm³/mol. The lowest BCUT2D eigenvalue weighted by Crippen LogP contribution is -2.66. The Labute approximate surface area is 299 Å². The minimum atomic E-state index is -2.75. The van der Waals surface area contributed by atoms with Gasteiger partial charge >= 0.3 is 6.09 Å². The van der Waals surface area contributed by atoms with Gasteiger partial charge in [0.2, 0.25) is 5.95 Å². The summed E-state index contributed by atoms with van der Waals surface area (Å²) in [5.74, 6) is 0.390. The fourth-order valence-electron chi connectivity index (χ4n) is 6.77. The normalized spacial score (nSPS) is 12.5. The second-order valence-corrected chi connectivity index (χ2v) is 17.9. The molecule has 1 amide bonds. The van der Waals surface area contributed by atoms with Gasteiger partial charge in [-0.15, -0.1) is 0 Å². The van der Waals surface area contributed by atoms with E-state index >= 15 is 0 Å². The molecule has 0 saturated heterocycles. The second kappa shape index (κ2) is 16.4. The summed E-state index contributed by atoms with van der Waals surface area (Å²) in [6, 6.07) is 24.1. The first kappa shape index (κ1) is 37.4. The molecule has 0 fully saturated rings. The number of hydrogen-bond donors (Lipinski definition) is 4. The maximum absolute atomic E-state index is 14.8. The standard InChI is InChI=1S/C38H48FN7O4Si/c1-7-14-28(19-20-50-51(38(2,3)4,29-15-10-8-11-16-29)30-17-12-9-13-18-30)42-35-34-32(43-36(44-35)45-37(47)48)24-41-46(34)25-27-21-26(23-40-5)31(39)22-33(27)49-6/h8-13,15-18,21-22,24,28,40H,7,14,19-20,23,25H2,1-6H3,(H,47,48)(H2,42,43,44,45). The molecular formula is C38H48FN7O4Si. The molecular weight excluding hydrogens is 666 g/mol. The van der Waals surface area contributed by atoms with Crippen LogP contribution < -0.4 is 31.1 Å². The van der Waals surface area contributed by atoms with Gasteiger partial charge in [0, 0.05) is 36.4 Å². The number of fused-ring (bicyclic) bond motifs is 1. The smallest absolute Gasteiger partial charge is 0.411 e. The summed E-state index contributed by atoms with van der Waals surface area (Å²) in [5, 5.41) is 25.3. The quantitative estimate of drug-likeness (QED) is 0.0860. The van der Waals surface area contributed by atoms with Crippen molar-refractivity contribution < 1.29 is 23.5 Å². The zero-order valence-corrected chi connectivity index (χ0v) is 31.2. The monoisotopic (exact) mass is 713 g/mol. The van der Waals surface area contributed by atoms with Gasteiger partial charge < -0.3 is 24.9 Å². The third kappa shape index (κ3) is 8.38. The molecule has 0 saturated carbocycles. The fraction of sp³-hybridized carbons (Fsp3) is 0.368. The van der Waals surface area contributed by atoms with E-state index in [9.17, 15) is 14.3 Å². The molecule has 1 atom stereocenters. The van der Waals surface area contributed by atoms with Crippen LogP contribution in [-0.4, -0.2) is 66.1 Å². The molecule has 5 aromatic rings. The molecule has 0 radical (unpaired) electrons. The van der Waals surface area contributed by atoms with Crippen LogP contribution in [0.5, 0.6) is 5.75 Å². The zero-order chi connectivity index (χ0) is 36.6. The van der Waals surface area contributed by atoms with Crippen LogP contribution in [-0.2, 0) is 17.5 Å². The molecule has 0 aliphatic carbocycles. The van der Waals surface area contributed by atoms with Crippen molar-refractivity contribution in [3.05, 3.63) is 95.9 Å². The molecule has 0 spiro atoms. The molecule has 51 heavy (non-hydrogen) atoms. The van der Waals surface area contributed by atoms with Gasteiger partial charge in [0.1, 0.15) is 22.6 Å². The van der Waals surface area contributed by atoms with E-state index in [1.165, 1.54) is 23.5 Å². The number of methoxy groups -OCH3 is 1. The van der Waals surface area contributed by atoms with E-state index in [0.29, 0.717) is 47.7 Å². The van der Waals surface area contributed by atoms with E-state index in [1.807, 2.05) is 12.1 Å². The number of ether oxygens (including phenoxy) is 1. The Morgan fingerprint density at radius 1 is 1.00 bits per heavy atom. The van der Waals surface area contributed by atoms with Crippen LogP contribution in [0.4, 0.5) is 21.0 Å². The summed E-state index contributed by atoms with van der Waals surface area (Å²) in [6.45, 7) is 9.97. The second-order valence-electron chi connectivity index (χ2n) is 13.6.